The van der Waals surface area contributed by atoms with Gasteiger partial charge in [0.2, 0.25) is 5.91 Å². The lowest BCUT2D eigenvalue weighted by molar-refractivity contribution is -0.134. The van der Waals surface area contributed by atoms with Crippen LogP contribution in [0.3, 0.4) is 0 Å². The lowest BCUT2D eigenvalue weighted by Crippen LogP contribution is -2.48. The van der Waals surface area contributed by atoms with E-state index in [4.69, 9.17) is 9.47 Å². The van der Waals surface area contributed by atoms with Crippen LogP contribution in [-0.2, 0) is 4.79 Å². The van der Waals surface area contributed by atoms with Gasteiger partial charge in [-0.2, -0.15) is 11.8 Å². The van der Waals surface area contributed by atoms with E-state index in [-0.39, 0.29) is 17.9 Å². The zero-order chi connectivity index (χ0) is 23.2. The molecule has 7 heteroatoms. The maximum atomic E-state index is 13.7. The van der Waals surface area contributed by atoms with E-state index in [2.05, 4.69) is 5.32 Å². The fourth-order valence-electron chi connectivity index (χ4n) is 4.52. The van der Waals surface area contributed by atoms with Gasteiger partial charge in [-0.05, 0) is 67.5 Å². The summed E-state index contributed by atoms with van der Waals surface area (Å²) >= 11 is 1.68. The molecule has 1 fully saturated rings. The van der Waals surface area contributed by atoms with Crippen molar-refractivity contribution in [3.63, 3.8) is 0 Å². The number of nitrogens with one attached hydrogen (secondary N) is 1. The lowest BCUT2D eigenvalue weighted by atomic mass is 10.0. The third-order valence-electron chi connectivity index (χ3n) is 6.30. The Morgan fingerprint density at radius 2 is 1.91 bits per heavy atom. The summed E-state index contributed by atoms with van der Waals surface area (Å²) in [6.07, 6.45) is 5.30. The van der Waals surface area contributed by atoms with Gasteiger partial charge in [0.25, 0.3) is 5.91 Å². The van der Waals surface area contributed by atoms with Crippen LogP contribution in [0.2, 0.25) is 0 Å². The minimum Gasteiger partial charge on any atom is -0.490 e. The van der Waals surface area contributed by atoms with Crippen LogP contribution in [-0.4, -0.2) is 54.5 Å². The summed E-state index contributed by atoms with van der Waals surface area (Å²) in [6.45, 7) is 3.88. The van der Waals surface area contributed by atoms with Crippen LogP contribution in [0.5, 0.6) is 11.5 Å². The highest BCUT2D eigenvalue weighted by Gasteiger charge is 2.35. The molecule has 0 bridgehead atoms. The molecule has 1 N–H and O–H groups in total. The summed E-state index contributed by atoms with van der Waals surface area (Å²) in [6, 6.07) is 12.9. The number of aryl methyl sites for hydroxylation is 1. The Hall–Kier alpha value is -2.67. The Morgan fingerprint density at radius 1 is 1.12 bits per heavy atom. The highest BCUT2D eigenvalue weighted by Crippen LogP contribution is 2.38. The predicted molar refractivity (Wildman–Crippen MR) is 131 cm³/mol. The number of hydrogen-bond donors (Lipinski definition) is 1. The maximum absolute atomic E-state index is 13.7. The molecule has 0 radical (unpaired) electrons. The number of rotatable bonds is 7. The fraction of sp³-hybridized carbons (Fsp3) is 0.462. The Morgan fingerprint density at radius 3 is 2.70 bits per heavy atom. The summed E-state index contributed by atoms with van der Waals surface area (Å²) in [7, 11) is 0. The summed E-state index contributed by atoms with van der Waals surface area (Å²) in [5, 5.41) is 3.03. The van der Waals surface area contributed by atoms with Crippen molar-refractivity contribution in [2.24, 2.45) is 0 Å². The van der Waals surface area contributed by atoms with Gasteiger partial charge < -0.3 is 19.7 Å². The van der Waals surface area contributed by atoms with Crippen molar-refractivity contribution in [3.05, 3.63) is 59.2 Å². The minimum atomic E-state index is -0.550. The van der Waals surface area contributed by atoms with Crippen LogP contribution >= 0.6 is 11.8 Å². The lowest BCUT2D eigenvalue weighted by Gasteiger charge is -2.30. The molecule has 0 aliphatic carbocycles. The molecule has 2 heterocycles. The monoisotopic (exact) mass is 468 g/mol. The normalized spacial score (nSPS) is 18.5. The van der Waals surface area contributed by atoms with E-state index >= 15 is 0 Å². The van der Waals surface area contributed by atoms with Gasteiger partial charge in [0.05, 0.1) is 19.3 Å². The van der Waals surface area contributed by atoms with Gasteiger partial charge in [-0.3, -0.25) is 9.59 Å². The minimum absolute atomic E-state index is 0.0133. The first-order valence-corrected chi connectivity index (χ1v) is 13.0. The van der Waals surface area contributed by atoms with E-state index in [9.17, 15) is 9.59 Å². The van der Waals surface area contributed by atoms with Gasteiger partial charge in [-0.15, -0.1) is 0 Å². The smallest absolute Gasteiger partial charge is 0.252 e. The number of carbonyl (C=O) groups excluding carboxylic acids is 2. The molecule has 2 aliphatic heterocycles. The number of fused-ring (bicyclic) bond motifs is 1. The largest absolute Gasteiger partial charge is 0.490 e. The van der Waals surface area contributed by atoms with E-state index in [0.717, 1.165) is 47.6 Å². The number of benzene rings is 2. The maximum Gasteiger partial charge on any atom is 0.252 e. The van der Waals surface area contributed by atoms with Gasteiger partial charge in [0, 0.05) is 18.5 Å². The standard InChI is InChI=1S/C26H32N2O4S/c1-18-7-3-4-8-20(18)25(29)27-21(12-16-33-2)26(30)28-13-5-9-22(28)19-10-11-23-24(17-19)32-15-6-14-31-23/h3-4,7-8,10-11,17,21-22H,5-6,9,12-16H2,1-2H3,(H,27,29). The van der Waals surface area contributed by atoms with Crippen molar-refractivity contribution in [3.8, 4) is 11.5 Å². The van der Waals surface area contributed by atoms with Crippen LogP contribution in [0.25, 0.3) is 0 Å². The summed E-state index contributed by atoms with van der Waals surface area (Å²) in [5.74, 6) is 2.10. The second kappa shape index (κ2) is 11.0. The van der Waals surface area contributed by atoms with E-state index in [1.165, 1.54) is 0 Å². The molecule has 6 nitrogen and oxygen atoms in total. The van der Waals surface area contributed by atoms with Crippen LogP contribution in [0, 0.1) is 6.92 Å². The zero-order valence-electron chi connectivity index (χ0n) is 19.3. The molecular weight excluding hydrogens is 436 g/mol. The molecule has 33 heavy (non-hydrogen) atoms. The molecule has 2 aromatic carbocycles. The average Bonchev–Trinajstić information content (AvgIpc) is 3.20. The van der Waals surface area contributed by atoms with Crippen molar-refractivity contribution in [2.45, 2.75) is 44.7 Å². The molecule has 0 saturated carbocycles. The molecule has 0 aromatic heterocycles. The van der Waals surface area contributed by atoms with Crippen molar-refractivity contribution < 1.29 is 19.1 Å². The highest BCUT2D eigenvalue weighted by atomic mass is 32.2. The molecule has 4 rings (SSSR count). The predicted octanol–water partition coefficient (Wildman–Crippen LogP) is 4.37. The molecule has 2 aromatic rings. The Labute approximate surface area is 200 Å². The molecule has 2 aliphatic rings. The summed E-state index contributed by atoms with van der Waals surface area (Å²) in [4.78, 5) is 28.6. The van der Waals surface area contributed by atoms with E-state index in [1.54, 1.807) is 17.8 Å². The second-order valence-electron chi connectivity index (χ2n) is 8.57. The second-order valence-corrected chi connectivity index (χ2v) is 9.55. The van der Waals surface area contributed by atoms with E-state index in [1.807, 2.05) is 54.5 Å². The molecule has 2 unspecified atom stereocenters. The van der Waals surface area contributed by atoms with Crippen LogP contribution < -0.4 is 14.8 Å². The number of amides is 2. The molecule has 2 atom stereocenters. The van der Waals surface area contributed by atoms with Gasteiger partial charge in [-0.1, -0.05) is 24.3 Å². The molecule has 2 amide bonds. The number of carbonyl (C=O) groups is 2. The van der Waals surface area contributed by atoms with Gasteiger partial charge in [0.1, 0.15) is 6.04 Å². The first kappa shape index (κ1) is 23.5. The number of nitrogens with zero attached hydrogens (tertiary/aromatic N) is 1. The Kier molecular flexibility index (Phi) is 7.81. The number of likely N-dealkylation sites (tertiary alicyclic amines) is 1. The third-order valence-corrected chi connectivity index (χ3v) is 6.94. The van der Waals surface area contributed by atoms with Crippen LogP contribution in [0.1, 0.15) is 53.2 Å². The number of ether oxygens (including phenoxy) is 2. The number of thioether (sulfide) groups is 1. The van der Waals surface area contributed by atoms with Crippen molar-refractivity contribution in [2.75, 3.05) is 31.8 Å². The van der Waals surface area contributed by atoms with Crippen molar-refractivity contribution in [1.29, 1.82) is 0 Å². The van der Waals surface area contributed by atoms with Gasteiger partial charge >= 0.3 is 0 Å². The van der Waals surface area contributed by atoms with Crippen LogP contribution in [0.15, 0.2) is 42.5 Å². The first-order valence-electron chi connectivity index (χ1n) is 11.6. The highest BCUT2D eigenvalue weighted by molar-refractivity contribution is 7.98. The zero-order valence-corrected chi connectivity index (χ0v) is 20.2. The van der Waals surface area contributed by atoms with Gasteiger partial charge in [-0.25, -0.2) is 0 Å². The summed E-state index contributed by atoms with van der Waals surface area (Å²) < 4.78 is 11.6. The molecule has 0 spiro atoms. The molecule has 1 saturated heterocycles. The molecule has 176 valence electrons. The first-order chi connectivity index (χ1) is 16.1. The van der Waals surface area contributed by atoms with Crippen molar-refractivity contribution >= 4 is 23.6 Å². The molecular formula is C26H32N2O4S. The topological polar surface area (TPSA) is 67.9 Å². The number of hydrogen-bond acceptors (Lipinski definition) is 5. The van der Waals surface area contributed by atoms with Gasteiger partial charge in [0.15, 0.2) is 11.5 Å². The van der Waals surface area contributed by atoms with E-state index in [0.29, 0.717) is 31.7 Å². The SMILES string of the molecule is CSCCC(NC(=O)c1ccccc1C)C(=O)N1CCCC1c1ccc2c(c1)OCCCO2. The van der Waals surface area contributed by atoms with Crippen LogP contribution in [0.4, 0.5) is 0 Å². The van der Waals surface area contributed by atoms with E-state index < -0.39 is 6.04 Å². The Balaban J connectivity index is 1.53. The van der Waals surface area contributed by atoms with Crippen molar-refractivity contribution in [1.82, 2.24) is 10.2 Å². The third kappa shape index (κ3) is 5.46. The summed E-state index contributed by atoms with van der Waals surface area (Å²) in [5.41, 5.74) is 2.57. The fourth-order valence-corrected chi connectivity index (χ4v) is 4.99. The Bertz CT molecular complexity index is 996. The quantitative estimate of drug-likeness (QED) is 0.654. The average molecular weight is 469 g/mol.